The van der Waals surface area contributed by atoms with Gasteiger partial charge in [-0.2, -0.15) is 0 Å². The lowest BCUT2D eigenvalue weighted by Crippen LogP contribution is -2.23. The Morgan fingerprint density at radius 2 is 1.71 bits per heavy atom. The number of hydrogen-bond donors (Lipinski definition) is 3. The normalized spacial score (nSPS) is 11.1. The van der Waals surface area contributed by atoms with Crippen LogP contribution in [0.3, 0.4) is 0 Å². The smallest absolute Gasteiger partial charge is 0.240 e. The highest BCUT2D eigenvalue weighted by Gasteiger charge is 2.12. The Labute approximate surface area is 150 Å². The van der Waals surface area contributed by atoms with Gasteiger partial charge in [0.25, 0.3) is 0 Å². The van der Waals surface area contributed by atoms with Gasteiger partial charge in [0.15, 0.2) is 5.11 Å². The largest absolute Gasteiger partial charge is 0.332 e. The van der Waals surface area contributed by atoms with E-state index in [9.17, 15) is 12.8 Å². The fourth-order valence-corrected chi connectivity index (χ4v) is 3.32. The predicted octanol–water partition coefficient (Wildman–Crippen LogP) is 3.59. The summed E-state index contributed by atoms with van der Waals surface area (Å²) in [5, 5.41) is 6.02. The van der Waals surface area contributed by atoms with Crippen molar-refractivity contribution in [2.75, 3.05) is 17.2 Å². The van der Waals surface area contributed by atoms with Crippen molar-refractivity contribution in [1.29, 1.82) is 0 Å². The highest BCUT2D eigenvalue weighted by molar-refractivity contribution is 7.89. The molecule has 0 unspecified atom stereocenters. The number of sulfonamides is 1. The van der Waals surface area contributed by atoms with Crippen LogP contribution in [0.2, 0.25) is 5.02 Å². The monoisotopic (exact) mass is 387 g/mol. The van der Waals surface area contributed by atoms with Crippen molar-refractivity contribution in [3.63, 3.8) is 0 Å². The maximum absolute atomic E-state index is 13.1. The minimum Gasteiger partial charge on any atom is -0.332 e. The molecule has 0 aliphatic rings. The zero-order valence-corrected chi connectivity index (χ0v) is 15.0. The van der Waals surface area contributed by atoms with E-state index < -0.39 is 15.8 Å². The van der Waals surface area contributed by atoms with E-state index >= 15 is 0 Å². The van der Waals surface area contributed by atoms with E-state index in [-0.39, 0.29) is 15.0 Å². The molecule has 0 bridgehead atoms. The van der Waals surface area contributed by atoms with Gasteiger partial charge in [0.05, 0.1) is 9.92 Å². The summed E-state index contributed by atoms with van der Waals surface area (Å²) in [6.45, 7) is 2.02. The van der Waals surface area contributed by atoms with Crippen LogP contribution in [0.5, 0.6) is 0 Å². The second kappa shape index (κ2) is 7.89. The minimum atomic E-state index is -3.49. The average molecular weight is 388 g/mol. The highest BCUT2D eigenvalue weighted by Crippen LogP contribution is 2.20. The molecule has 128 valence electrons. The average Bonchev–Trinajstić information content (AvgIpc) is 2.51. The lowest BCUT2D eigenvalue weighted by molar-refractivity contribution is 0.584. The molecule has 2 aromatic carbocycles. The van der Waals surface area contributed by atoms with Gasteiger partial charge in [0.2, 0.25) is 10.0 Å². The van der Waals surface area contributed by atoms with Gasteiger partial charge < -0.3 is 10.6 Å². The molecule has 0 amide bonds. The van der Waals surface area contributed by atoms with E-state index in [0.717, 1.165) is 0 Å². The van der Waals surface area contributed by atoms with Crippen molar-refractivity contribution < 1.29 is 12.8 Å². The number of rotatable bonds is 5. The van der Waals surface area contributed by atoms with Crippen LogP contribution in [0, 0.1) is 5.82 Å². The van der Waals surface area contributed by atoms with E-state index in [4.69, 9.17) is 23.8 Å². The zero-order chi connectivity index (χ0) is 17.7. The van der Waals surface area contributed by atoms with Gasteiger partial charge in [0, 0.05) is 17.9 Å². The molecule has 9 heteroatoms. The van der Waals surface area contributed by atoms with Gasteiger partial charge >= 0.3 is 0 Å². The van der Waals surface area contributed by atoms with Crippen LogP contribution in [0.25, 0.3) is 0 Å². The number of thiocarbonyl (C=S) groups is 1. The van der Waals surface area contributed by atoms with E-state index in [0.29, 0.717) is 17.9 Å². The molecule has 0 heterocycles. The molecule has 0 saturated heterocycles. The molecule has 0 aliphatic heterocycles. The van der Waals surface area contributed by atoms with Crippen LogP contribution >= 0.6 is 23.8 Å². The molecule has 0 fully saturated rings. The van der Waals surface area contributed by atoms with E-state index in [1.807, 2.05) is 0 Å². The Kier molecular flexibility index (Phi) is 6.11. The third-order valence-electron chi connectivity index (χ3n) is 2.93. The van der Waals surface area contributed by atoms with E-state index in [1.165, 1.54) is 30.3 Å². The second-order valence-corrected chi connectivity index (χ2v) is 7.32. The minimum absolute atomic E-state index is 0.0132. The first-order valence-corrected chi connectivity index (χ1v) is 9.21. The van der Waals surface area contributed by atoms with Gasteiger partial charge in [0.1, 0.15) is 5.82 Å². The maximum atomic E-state index is 13.1. The molecule has 2 rings (SSSR count). The van der Waals surface area contributed by atoms with Gasteiger partial charge in [-0.25, -0.2) is 17.5 Å². The first-order chi connectivity index (χ1) is 11.3. The number of anilines is 2. The highest BCUT2D eigenvalue weighted by atomic mass is 35.5. The summed E-state index contributed by atoms with van der Waals surface area (Å²) in [7, 11) is -3.49. The molecule has 2 aromatic rings. The zero-order valence-electron chi connectivity index (χ0n) is 12.6. The summed E-state index contributed by atoms with van der Waals surface area (Å²) in [6.07, 6.45) is 0. The third kappa shape index (κ3) is 4.88. The number of halogens is 2. The molecule has 0 radical (unpaired) electrons. The van der Waals surface area contributed by atoms with Crippen molar-refractivity contribution in [3.8, 4) is 0 Å². The molecule has 0 saturated carbocycles. The van der Waals surface area contributed by atoms with Crippen LogP contribution in [0.4, 0.5) is 15.8 Å². The molecule has 5 nitrogen and oxygen atoms in total. The fraction of sp³-hybridized carbons (Fsp3) is 0.133. The Morgan fingerprint density at radius 3 is 2.29 bits per heavy atom. The van der Waals surface area contributed by atoms with Gasteiger partial charge in [-0.15, -0.1) is 0 Å². The van der Waals surface area contributed by atoms with Crippen molar-refractivity contribution in [3.05, 3.63) is 53.3 Å². The Hall–Kier alpha value is -1.74. The Bertz CT molecular complexity index is 842. The van der Waals surface area contributed by atoms with Crippen LogP contribution in [-0.2, 0) is 10.0 Å². The molecular formula is C15H15ClFN3O2S2. The third-order valence-corrected chi connectivity index (χ3v) is 4.99. The van der Waals surface area contributed by atoms with Crippen molar-refractivity contribution in [2.24, 2.45) is 0 Å². The molecule has 0 aromatic heterocycles. The topological polar surface area (TPSA) is 70.2 Å². The first kappa shape index (κ1) is 18.6. The Morgan fingerprint density at radius 1 is 1.12 bits per heavy atom. The molecule has 3 N–H and O–H groups in total. The maximum Gasteiger partial charge on any atom is 0.240 e. The standard InChI is InChI=1S/C15H15ClFN3O2S2/c1-2-18-24(21,22)12-6-3-10(4-7-12)19-15(23)20-11-5-8-14(17)13(16)9-11/h3-9,18H,2H2,1H3,(H2,19,20,23). The van der Waals surface area contributed by atoms with E-state index in [1.54, 1.807) is 19.1 Å². The number of nitrogens with one attached hydrogen (secondary N) is 3. The summed E-state index contributed by atoms with van der Waals surface area (Å²) < 4.78 is 39.2. The summed E-state index contributed by atoms with van der Waals surface area (Å²) in [5.41, 5.74) is 1.14. The van der Waals surface area contributed by atoms with Crippen LogP contribution in [0.15, 0.2) is 47.4 Å². The van der Waals surface area contributed by atoms with Gasteiger partial charge in [-0.1, -0.05) is 18.5 Å². The molecule has 0 spiro atoms. The van der Waals surface area contributed by atoms with Crippen molar-refractivity contribution >= 4 is 50.3 Å². The van der Waals surface area contributed by atoms with Gasteiger partial charge in [-0.05, 0) is 54.7 Å². The van der Waals surface area contributed by atoms with Gasteiger partial charge in [-0.3, -0.25) is 0 Å². The summed E-state index contributed by atoms with van der Waals surface area (Å²) >= 11 is 10.9. The second-order valence-electron chi connectivity index (χ2n) is 4.73. The van der Waals surface area contributed by atoms with Crippen molar-refractivity contribution in [1.82, 2.24) is 4.72 Å². The molecule has 24 heavy (non-hydrogen) atoms. The first-order valence-electron chi connectivity index (χ1n) is 6.94. The Balaban J connectivity index is 2.03. The lowest BCUT2D eigenvalue weighted by atomic mass is 10.3. The van der Waals surface area contributed by atoms with E-state index in [2.05, 4.69) is 15.4 Å². The lowest BCUT2D eigenvalue weighted by Gasteiger charge is -2.11. The number of hydrogen-bond acceptors (Lipinski definition) is 3. The summed E-state index contributed by atoms with van der Waals surface area (Å²) in [5.74, 6) is -0.515. The SMILES string of the molecule is CCNS(=O)(=O)c1ccc(NC(=S)Nc2ccc(F)c(Cl)c2)cc1. The predicted molar refractivity (Wildman–Crippen MR) is 98.6 cm³/mol. The molecule has 0 atom stereocenters. The van der Waals surface area contributed by atoms with Crippen LogP contribution < -0.4 is 15.4 Å². The van der Waals surface area contributed by atoms with Crippen LogP contribution in [0.1, 0.15) is 6.92 Å². The fourth-order valence-electron chi connectivity index (χ4n) is 1.86. The number of benzene rings is 2. The molecular weight excluding hydrogens is 373 g/mol. The summed E-state index contributed by atoms with van der Waals surface area (Å²) in [6, 6.07) is 10.3. The molecule has 0 aliphatic carbocycles. The van der Waals surface area contributed by atoms with Crippen LogP contribution in [-0.4, -0.2) is 20.1 Å². The summed E-state index contributed by atoms with van der Waals surface area (Å²) in [4.78, 5) is 0.166. The van der Waals surface area contributed by atoms with Crippen molar-refractivity contribution in [2.45, 2.75) is 11.8 Å². The quantitative estimate of drug-likeness (QED) is 0.684.